The van der Waals surface area contributed by atoms with E-state index in [-0.39, 0.29) is 34.2 Å². The molecule has 0 spiro atoms. The van der Waals surface area contributed by atoms with Crippen LogP contribution in [0.3, 0.4) is 0 Å². The number of nitrogens with zero attached hydrogens (tertiary/aromatic N) is 1. The van der Waals surface area contributed by atoms with E-state index in [1.54, 1.807) is 6.07 Å². The van der Waals surface area contributed by atoms with Crippen LogP contribution in [0.5, 0.6) is 0 Å². The summed E-state index contributed by atoms with van der Waals surface area (Å²) in [7, 11) is 1.13. The molecule has 0 saturated carbocycles. The van der Waals surface area contributed by atoms with Crippen molar-refractivity contribution in [2.45, 2.75) is 16.8 Å². The summed E-state index contributed by atoms with van der Waals surface area (Å²) >= 11 is 2.67. The van der Waals surface area contributed by atoms with Crippen molar-refractivity contribution < 1.29 is 22.7 Å². The monoisotopic (exact) mass is 353 g/mol. The zero-order valence-corrected chi connectivity index (χ0v) is 11.9. The molecule has 1 aromatic carbocycles. The summed E-state index contributed by atoms with van der Waals surface area (Å²) in [6.45, 7) is 0. The molecule has 0 unspecified atom stereocenters. The molecule has 0 heterocycles. The van der Waals surface area contributed by atoms with Crippen LogP contribution in [0.15, 0.2) is 21.5 Å². The van der Waals surface area contributed by atoms with Crippen LogP contribution in [0, 0.1) is 11.3 Å². The van der Waals surface area contributed by atoms with Crippen molar-refractivity contribution in [1.29, 1.82) is 5.26 Å². The Labute approximate surface area is 119 Å². The lowest BCUT2D eigenvalue weighted by molar-refractivity contribution is -0.139. The van der Waals surface area contributed by atoms with E-state index < -0.39 is 11.5 Å². The van der Waals surface area contributed by atoms with E-state index in [9.17, 15) is 18.0 Å². The molecule has 0 amide bonds. The fourth-order valence-corrected chi connectivity index (χ4v) is 2.68. The van der Waals surface area contributed by atoms with Crippen molar-refractivity contribution >= 4 is 33.7 Å². The molecule has 0 aliphatic rings. The number of carbonyl (C=O) groups is 1. The highest BCUT2D eigenvalue weighted by atomic mass is 79.9. The van der Waals surface area contributed by atoms with Crippen LogP contribution >= 0.6 is 27.7 Å². The number of alkyl halides is 3. The number of rotatable bonds is 3. The third kappa shape index (κ3) is 4.76. The number of benzene rings is 1. The van der Waals surface area contributed by atoms with E-state index in [2.05, 4.69) is 20.7 Å². The fraction of sp³-hybridized carbons (Fsp3) is 0.273. The number of nitriles is 1. The second-order valence-electron chi connectivity index (χ2n) is 3.34. The number of esters is 1. The maximum absolute atomic E-state index is 12.5. The number of methoxy groups -OCH3 is 1. The van der Waals surface area contributed by atoms with Crippen molar-refractivity contribution in [3.8, 4) is 6.07 Å². The summed E-state index contributed by atoms with van der Waals surface area (Å²) in [5, 5.41) is 8.94. The van der Waals surface area contributed by atoms with Gasteiger partial charge in [-0.2, -0.15) is 18.4 Å². The van der Waals surface area contributed by atoms with Crippen LogP contribution < -0.4 is 0 Å². The molecule has 0 aromatic heterocycles. The molecule has 19 heavy (non-hydrogen) atoms. The molecule has 0 N–H and O–H groups in total. The van der Waals surface area contributed by atoms with Crippen LogP contribution in [-0.4, -0.2) is 18.6 Å². The molecular formula is C11H7BrF3NO2S. The number of thioether (sulfide) groups is 1. The van der Waals surface area contributed by atoms with Crippen molar-refractivity contribution in [3.05, 3.63) is 27.7 Å². The molecular weight excluding hydrogens is 347 g/mol. The van der Waals surface area contributed by atoms with Gasteiger partial charge in [-0.05, 0) is 29.5 Å². The lowest BCUT2D eigenvalue weighted by atomic mass is 10.1. The number of ether oxygens (including phenoxy) is 1. The molecule has 102 valence electrons. The molecule has 0 bridgehead atoms. The Morgan fingerprint density at radius 2 is 2.16 bits per heavy atom. The highest BCUT2D eigenvalue weighted by Crippen LogP contribution is 2.40. The van der Waals surface area contributed by atoms with Gasteiger partial charge in [0.15, 0.2) is 0 Å². The Morgan fingerprint density at radius 3 is 2.63 bits per heavy atom. The minimum atomic E-state index is -4.50. The largest absolute Gasteiger partial charge is 0.469 e. The normalized spacial score (nSPS) is 10.9. The minimum Gasteiger partial charge on any atom is -0.469 e. The first-order valence-electron chi connectivity index (χ1n) is 4.82. The number of hydrogen-bond acceptors (Lipinski definition) is 4. The summed E-state index contributed by atoms with van der Waals surface area (Å²) in [6.07, 6.45) is -0.384. The van der Waals surface area contributed by atoms with E-state index in [1.807, 2.05) is 0 Å². The summed E-state index contributed by atoms with van der Waals surface area (Å²) in [5.74, 6) is -0.706. The average Bonchev–Trinajstić information content (AvgIpc) is 2.29. The Morgan fingerprint density at radius 1 is 1.53 bits per heavy atom. The number of hydrogen-bond donors (Lipinski definition) is 0. The highest BCUT2D eigenvalue weighted by molar-refractivity contribution is 9.10. The number of carbonyl (C=O) groups excluding carboxylic acids is 1. The molecule has 1 rings (SSSR count). The van der Waals surface area contributed by atoms with Gasteiger partial charge in [-0.15, -0.1) is 0 Å². The van der Waals surface area contributed by atoms with E-state index >= 15 is 0 Å². The van der Waals surface area contributed by atoms with Gasteiger partial charge in [-0.1, -0.05) is 15.9 Å². The Balaban J connectivity index is 3.30. The first-order chi connectivity index (χ1) is 8.76. The van der Waals surface area contributed by atoms with Gasteiger partial charge < -0.3 is 4.74 Å². The van der Waals surface area contributed by atoms with Gasteiger partial charge in [0.25, 0.3) is 0 Å². The lowest BCUT2D eigenvalue weighted by Crippen LogP contribution is -2.09. The average molecular weight is 354 g/mol. The SMILES string of the molecule is COC(=O)Cc1c(C#N)cc(Br)cc1SC(F)(F)F. The smallest absolute Gasteiger partial charge is 0.446 e. The fourth-order valence-electron chi connectivity index (χ4n) is 1.33. The van der Waals surface area contributed by atoms with Gasteiger partial charge >= 0.3 is 11.5 Å². The first kappa shape index (κ1) is 15.9. The van der Waals surface area contributed by atoms with Crippen molar-refractivity contribution in [2.75, 3.05) is 7.11 Å². The van der Waals surface area contributed by atoms with Crippen LogP contribution in [0.2, 0.25) is 0 Å². The summed E-state index contributed by atoms with van der Waals surface area (Å²) in [5.41, 5.74) is -4.48. The first-order valence-corrected chi connectivity index (χ1v) is 6.43. The zero-order chi connectivity index (χ0) is 14.6. The third-order valence-corrected chi connectivity index (χ3v) is 3.34. The Bertz CT molecular complexity index is 540. The van der Waals surface area contributed by atoms with E-state index in [0.29, 0.717) is 4.47 Å². The molecule has 1 aromatic rings. The van der Waals surface area contributed by atoms with Gasteiger partial charge in [0.1, 0.15) is 0 Å². The van der Waals surface area contributed by atoms with Gasteiger partial charge in [0, 0.05) is 9.37 Å². The van der Waals surface area contributed by atoms with Crippen LogP contribution in [0.1, 0.15) is 11.1 Å². The van der Waals surface area contributed by atoms with Gasteiger partial charge in [0.2, 0.25) is 0 Å². The molecule has 0 radical (unpaired) electrons. The molecule has 0 atom stereocenters. The number of halogens is 4. The van der Waals surface area contributed by atoms with Gasteiger partial charge in [0.05, 0.1) is 25.2 Å². The quantitative estimate of drug-likeness (QED) is 0.614. The Hall–Kier alpha value is -1.20. The van der Waals surface area contributed by atoms with Crippen LogP contribution in [0.25, 0.3) is 0 Å². The van der Waals surface area contributed by atoms with Crippen molar-refractivity contribution in [2.24, 2.45) is 0 Å². The second kappa shape index (κ2) is 6.30. The van der Waals surface area contributed by atoms with Crippen LogP contribution in [-0.2, 0) is 16.0 Å². The van der Waals surface area contributed by atoms with E-state index in [4.69, 9.17) is 5.26 Å². The maximum atomic E-state index is 12.5. The third-order valence-electron chi connectivity index (χ3n) is 2.07. The topological polar surface area (TPSA) is 50.1 Å². The van der Waals surface area contributed by atoms with Gasteiger partial charge in [-0.3, -0.25) is 4.79 Å². The van der Waals surface area contributed by atoms with Gasteiger partial charge in [-0.25, -0.2) is 0 Å². The molecule has 0 saturated heterocycles. The highest BCUT2D eigenvalue weighted by Gasteiger charge is 2.31. The molecule has 3 nitrogen and oxygen atoms in total. The Kier molecular flexibility index (Phi) is 5.26. The standard InChI is InChI=1S/C11H7BrF3NO2S/c1-18-10(17)4-8-6(5-16)2-7(12)3-9(8)19-11(13,14)15/h2-3H,4H2,1H3. The van der Waals surface area contributed by atoms with Crippen molar-refractivity contribution in [3.63, 3.8) is 0 Å². The minimum absolute atomic E-state index is 0.00604. The zero-order valence-electron chi connectivity index (χ0n) is 9.55. The molecule has 0 aliphatic carbocycles. The van der Waals surface area contributed by atoms with Crippen LogP contribution in [0.4, 0.5) is 13.2 Å². The maximum Gasteiger partial charge on any atom is 0.446 e. The van der Waals surface area contributed by atoms with E-state index in [1.165, 1.54) is 12.1 Å². The second-order valence-corrected chi connectivity index (χ2v) is 5.37. The van der Waals surface area contributed by atoms with E-state index in [0.717, 1.165) is 7.11 Å². The summed E-state index contributed by atoms with van der Waals surface area (Å²) < 4.78 is 42.1. The lowest BCUT2D eigenvalue weighted by Gasteiger charge is -2.12. The molecule has 0 aliphatic heterocycles. The predicted octanol–water partition coefficient (Wildman–Crippen LogP) is 3.65. The summed E-state index contributed by atoms with van der Waals surface area (Å²) in [4.78, 5) is 11.0. The van der Waals surface area contributed by atoms with Crippen molar-refractivity contribution in [1.82, 2.24) is 0 Å². The predicted molar refractivity (Wildman–Crippen MR) is 66.5 cm³/mol. The molecule has 8 heteroatoms. The molecule has 0 fully saturated rings. The summed E-state index contributed by atoms with van der Waals surface area (Å²) in [6, 6.07) is 4.35.